The Morgan fingerprint density at radius 2 is 2.10 bits per heavy atom. The number of anilines is 1. The van der Waals surface area contributed by atoms with E-state index in [9.17, 15) is 4.79 Å². The lowest BCUT2D eigenvalue weighted by Crippen LogP contribution is -2.41. The molecule has 1 N–H and O–H groups in total. The number of carbonyl (C=O) groups is 1. The Hall–Kier alpha value is -1.71. The quantitative estimate of drug-likeness (QED) is 0.874. The second-order valence-corrected chi connectivity index (χ2v) is 5.61. The Kier molecular flexibility index (Phi) is 5.90. The van der Waals surface area contributed by atoms with Gasteiger partial charge in [0.2, 0.25) is 5.91 Å². The Balaban J connectivity index is 1.83. The first-order valence-corrected chi connectivity index (χ1v) is 7.93. The van der Waals surface area contributed by atoms with Crippen molar-refractivity contribution >= 4 is 11.6 Å². The molecule has 0 saturated heterocycles. The number of nitrogens with one attached hydrogen (secondary N) is 1. The van der Waals surface area contributed by atoms with Crippen LogP contribution in [0.3, 0.4) is 0 Å². The minimum atomic E-state index is 0.156. The molecule has 1 amide bonds. The normalized spacial score (nSPS) is 15.5. The van der Waals surface area contributed by atoms with Crippen molar-refractivity contribution in [1.82, 2.24) is 4.90 Å². The van der Waals surface area contributed by atoms with Gasteiger partial charge in [0.25, 0.3) is 0 Å². The molecule has 0 aromatic heterocycles. The molecule has 0 radical (unpaired) electrons. The van der Waals surface area contributed by atoms with Crippen molar-refractivity contribution in [3.05, 3.63) is 24.3 Å². The summed E-state index contributed by atoms with van der Waals surface area (Å²) in [5, 5.41) is 3.19. The van der Waals surface area contributed by atoms with Gasteiger partial charge in [0.1, 0.15) is 5.75 Å². The summed E-state index contributed by atoms with van der Waals surface area (Å²) in [6.45, 7) is 2.94. The molecule has 4 heteroatoms. The van der Waals surface area contributed by atoms with Crippen LogP contribution in [0.25, 0.3) is 0 Å². The van der Waals surface area contributed by atoms with Crippen LogP contribution in [0.4, 0.5) is 5.69 Å². The summed E-state index contributed by atoms with van der Waals surface area (Å²) < 4.78 is 5.46. The van der Waals surface area contributed by atoms with E-state index < -0.39 is 0 Å². The van der Waals surface area contributed by atoms with Gasteiger partial charge < -0.3 is 15.0 Å². The smallest absolute Gasteiger partial charge is 0.241 e. The summed E-state index contributed by atoms with van der Waals surface area (Å²) in [7, 11) is 1.93. The number of carbonyl (C=O) groups excluding carboxylic acids is 1. The first-order valence-electron chi connectivity index (χ1n) is 7.93. The molecule has 1 fully saturated rings. The van der Waals surface area contributed by atoms with Crippen molar-refractivity contribution in [2.45, 2.75) is 45.1 Å². The van der Waals surface area contributed by atoms with Gasteiger partial charge in [-0.05, 0) is 31.9 Å². The number of likely N-dealkylation sites (N-methyl/N-ethyl adjacent to an activating group) is 1. The summed E-state index contributed by atoms with van der Waals surface area (Å²) in [4.78, 5) is 14.2. The van der Waals surface area contributed by atoms with Crippen molar-refractivity contribution in [1.29, 1.82) is 0 Å². The molecule has 0 atom stereocenters. The fourth-order valence-electron chi connectivity index (χ4n) is 2.84. The lowest BCUT2D eigenvalue weighted by atomic mass is 9.94. The van der Waals surface area contributed by atoms with Crippen LogP contribution in [-0.4, -0.2) is 37.0 Å². The van der Waals surface area contributed by atoms with E-state index in [1.807, 2.05) is 43.1 Å². The molecule has 1 aromatic carbocycles. The highest BCUT2D eigenvalue weighted by molar-refractivity contribution is 5.81. The lowest BCUT2D eigenvalue weighted by molar-refractivity contribution is -0.130. The van der Waals surface area contributed by atoms with Crippen LogP contribution in [0.15, 0.2) is 24.3 Å². The zero-order valence-electron chi connectivity index (χ0n) is 13.1. The maximum absolute atomic E-state index is 12.3. The van der Waals surface area contributed by atoms with Crippen molar-refractivity contribution in [2.75, 3.05) is 25.5 Å². The second-order valence-electron chi connectivity index (χ2n) is 5.61. The van der Waals surface area contributed by atoms with Crippen LogP contribution in [0.5, 0.6) is 5.75 Å². The molecule has 0 heterocycles. The predicted molar refractivity (Wildman–Crippen MR) is 85.7 cm³/mol. The zero-order chi connectivity index (χ0) is 15.1. The SMILES string of the molecule is CCOc1cccc(NCC(=O)N(C)C2CCCCC2)c1. The molecule has 0 spiro atoms. The highest BCUT2D eigenvalue weighted by atomic mass is 16.5. The van der Waals surface area contributed by atoms with Gasteiger partial charge in [0, 0.05) is 24.8 Å². The van der Waals surface area contributed by atoms with E-state index in [2.05, 4.69) is 5.32 Å². The molecule has 0 aliphatic heterocycles. The van der Waals surface area contributed by atoms with Crippen LogP contribution in [0.2, 0.25) is 0 Å². The molecular formula is C17H26N2O2. The third-order valence-corrected chi connectivity index (χ3v) is 4.10. The lowest BCUT2D eigenvalue weighted by Gasteiger charge is -2.31. The zero-order valence-corrected chi connectivity index (χ0v) is 13.1. The molecule has 1 aliphatic rings. The molecule has 4 nitrogen and oxygen atoms in total. The number of amides is 1. The first-order chi connectivity index (χ1) is 10.2. The summed E-state index contributed by atoms with van der Waals surface area (Å²) in [5.41, 5.74) is 0.923. The van der Waals surface area contributed by atoms with E-state index in [0.29, 0.717) is 19.2 Å². The molecule has 1 aliphatic carbocycles. The maximum Gasteiger partial charge on any atom is 0.241 e. The Labute approximate surface area is 127 Å². The molecule has 0 bridgehead atoms. The second kappa shape index (κ2) is 7.91. The fourth-order valence-corrected chi connectivity index (χ4v) is 2.84. The van der Waals surface area contributed by atoms with Crippen LogP contribution in [-0.2, 0) is 4.79 Å². The third-order valence-electron chi connectivity index (χ3n) is 4.10. The van der Waals surface area contributed by atoms with Gasteiger partial charge in [-0.1, -0.05) is 25.3 Å². The van der Waals surface area contributed by atoms with Gasteiger partial charge in [-0.25, -0.2) is 0 Å². The Morgan fingerprint density at radius 3 is 2.81 bits per heavy atom. The average Bonchev–Trinajstić information content (AvgIpc) is 2.53. The summed E-state index contributed by atoms with van der Waals surface area (Å²) >= 11 is 0. The van der Waals surface area contributed by atoms with Crippen molar-refractivity contribution < 1.29 is 9.53 Å². The van der Waals surface area contributed by atoms with Crippen molar-refractivity contribution in [3.63, 3.8) is 0 Å². The Morgan fingerprint density at radius 1 is 1.33 bits per heavy atom. The number of benzene rings is 1. The van der Waals surface area contributed by atoms with Crippen LogP contribution in [0, 0.1) is 0 Å². The molecule has 0 unspecified atom stereocenters. The summed E-state index contributed by atoms with van der Waals surface area (Å²) in [5.74, 6) is 0.985. The molecule has 1 aromatic rings. The first kappa shape index (κ1) is 15.7. The molecule has 116 valence electrons. The largest absolute Gasteiger partial charge is 0.494 e. The van der Waals surface area contributed by atoms with Gasteiger partial charge in [-0.3, -0.25) is 4.79 Å². The van der Waals surface area contributed by atoms with E-state index in [0.717, 1.165) is 24.3 Å². The molecule has 1 saturated carbocycles. The minimum Gasteiger partial charge on any atom is -0.494 e. The third kappa shape index (κ3) is 4.66. The van der Waals surface area contributed by atoms with Crippen LogP contribution < -0.4 is 10.1 Å². The van der Waals surface area contributed by atoms with E-state index in [1.54, 1.807) is 0 Å². The van der Waals surface area contributed by atoms with E-state index in [4.69, 9.17) is 4.74 Å². The summed E-state index contributed by atoms with van der Waals surface area (Å²) in [6, 6.07) is 8.16. The van der Waals surface area contributed by atoms with Crippen LogP contribution >= 0.6 is 0 Å². The van der Waals surface area contributed by atoms with Crippen molar-refractivity contribution in [3.8, 4) is 5.75 Å². The average molecular weight is 290 g/mol. The number of hydrogen-bond acceptors (Lipinski definition) is 3. The van der Waals surface area contributed by atoms with Gasteiger partial charge in [0.15, 0.2) is 0 Å². The number of ether oxygens (including phenoxy) is 1. The van der Waals surface area contributed by atoms with Gasteiger partial charge >= 0.3 is 0 Å². The van der Waals surface area contributed by atoms with Gasteiger partial charge in [-0.15, -0.1) is 0 Å². The van der Waals surface area contributed by atoms with Crippen LogP contribution in [0.1, 0.15) is 39.0 Å². The van der Waals surface area contributed by atoms with Crippen molar-refractivity contribution in [2.24, 2.45) is 0 Å². The predicted octanol–water partition coefficient (Wildman–Crippen LogP) is 3.29. The van der Waals surface area contributed by atoms with E-state index >= 15 is 0 Å². The summed E-state index contributed by atoms with van der Waals surface area (Å²) in [6.07, 6.45) is 6.07. The Bertz CT molecular complexity index is 456. The molecular weight excluding hydrogens is 264 g/mol. The molecule has 2 rings (SSSR count). The van der Waals surface area contributed by atoms with E-state index in [-0.39, 0.29) is 5.91 Å². The monoisotopic (exact) mass is 290 g/mol. The highest BCUT2D eigenvalue weighted by Crippen LogP contribution is 2.22. The molecule has 21 heavy (non-hydrogen) atoms. The minimum absolute atomic E-state index is 0.156. The maximum atomic E-state index is 12.3. The van der Waals surface area contributed by atoms with Gasteiger partial charge in [-0.2, -0.15) is 0 Å². The van der Waals surface area contributed by atoms with Gasteiger partial charge in [0.05, 0.1) is 13.2 Å². The number of nitrogens with zero attached hydrogens (tertiary/aromatic N) is 1. The standard InChI is InChI=1S/C17H26N2O2/c1-3-21-16-11-7-8-14(12-16)18-13-17(20)19(2)15-9-5-4-6-10-15/h7-8,11-12,15,18H,3-6,9-10,13H2,1-2H3. The number of rotatable bonds is 6. The fraction of sp³-hybridized carbons (Fsp3) is 0.588. The highest BCUT2D eigenvalue weighted by Gasteiger charge is 2.21. The topological polar surface area (TPSA) is 41.6 Å². The van der Waals surface area contributed by atoms with E-state index in [1.165, 1.54) is 19.3 Å². The number of hydrogen-bond donors (Lipinski definition) is 1.